The molecule has 36 heavy (non-hydrogen) atoms. The summed E-state index contributed by atoms with van der Waals surface area (Å²) in [7, 11) is 1.14. The number of likely N-dealkylation sites (N-methyl/N-ethyl adjacent to an activating group) is 1. The molecule has 0 aliphatic carbocycles. The first kappa shape index (κ1) is 30.3. The Hall–Kier alpha value is -1.95. The lowest BCUT2D eigenvalue weighted by Crippen LogP contribution is -2.43. The molecule has 1 N–H and O–H groups in total. The summed E-state index contributed by atoms with van der Waals surface area (Å²) < 4.78 is 78.0. The van der Waals surface area contributed by atoms with Gasteiger partial charge in [0.15, 0.2) is 5.78 Å². The van der Waals surface area contributed by atoms with Crippen LogP contribution in [-0.4, -0.2) is 49.2 Å². The van der Waals surface area contributed by atoms with Crippen molar-refractivity contribution in [3.8, 4) is 0 Å². The third kappa shape index (κ3) is 8.57. The molecule has 0 saturated carbocycles. The lowest BCUT2D eigenvalue weighted by molar-refractivity contribution is -0.139. The molecule has 0 saturated heterocycles. The summed E-state index contributed by atoms with van der Waals surface area (Å²) in [6.45, 7) is -2.09. The van der Waals surface area contributed by atoms with Crippen LogP contribution in [0.4, 0.5) is 31.1 Å². The van der Waals surface area contributed by atoms with Gasteiger partial charge in [-0.1, -0.05) is 69.0 Å². The topological polar surface area (TPSA) is 49.4 Å². The van der Waals surface area contributed by atoms with E-state index in [1.165, 1.54) is 24.3 Å². The van der Waals surface area contributed by atoms with Crippen LogP contribution < -0.4 is 5.32 Å². The van der Waals surface area contributed by atoms with Crippen LogP contribution in [0.5, 0.6) is 0 Å². The minimum Gasteiger partial charge on any atom is -0.329 e. The Bertz CT molecular complexity index is 1150. The molecule has 1 atom stereocenters. The number of alkyl halides is 6. The van der Waals surface area contributed by atoms with Gasteiger partial charge < -0.3 is 10.2 Å². The molecule has 0 bridgehead atoms. The number of rotatable bonds is 7. The number of Topliss-reactive ketones (excluding diaryl/α,β-unsaturated/α-hetero) is 1. The molecule has 0 aromatic heterocycles. The summed E-state index contributed by atoms with van der Waals surface area (Å²) >= 11 is 20.7. The van der Waals surface area contributed by atoms with E-state index in [4.69, 9.17) is 34.8 Å². The Morgan fingerprint density at radius 1 is 1.06 bits per heavy atom. The van der Waals surface area contributed by atoms with E-state index in [0.717, 1.165) is 30.2 Å². The van der Waals surface area contributed by atoms with Crippen LogP contribution in [-0.2, 0) is 0 Å². The van der Waals surface area contributed by atoms with Crippen molar-refractivity contribution in [2.45, 2.75) is 18.3 Å². The third-order valence-electron chi connectivity index (χ3n) is 4.66. The zero-order valence-corrected chi connectivity index (χ0v) is 21.9. The predicted octanol–water partition coefficient (Wildman–Crippen LogP) is 8.16. The summed E-state index contributed by atoms with van der Waals surface area (Å²) in [5.41, 5.74) is 0.150. The number of carbonyl (C=O) groups is 2. The zero-order chi connectivity index (χ0) is 27.4. The number of ketones is 1. The van der Waals surface area contributed by atoms with Crippen LogP contribution in [0.1, 0.15) is 27.4 Å². The largest absolute Gasteiger partial charge is 0.405 e. The van der Waals surface area contributed by atoms with E-state index in [0.29, 0.717) is 5.56 Å². The highest BCUT2D eigenvalue weighted by Gasteiger charge is 2.39. The molecule has 0 fully saturated rings. The second-order valence-corrected chi connectivity index (χ2v) is 9.52. The van der Waals surface area contributed by atoms with E-state index in [2.05, 4.69) is 15.9 Å². The van der Waals surface area contributed by atoms with Crippen molar-refractivity contribution in [3.05, 3.63) is 72.6 Å². The monoisotopic (exact) mass is 638 g/mol. The molecule has 2 aromatic carbocycles. The first-order chi connectivity index (χ1) is 16.5. The van der Waals surface area contributed by atoms with E-state index in [1.54, 1.807) is 5.32 Å². The highest BCUT2D eigenvalue weighted by Crippen LogP contribution is 2.41. The molecule has 196 valence electrons. The molecule has 0 aliphatic rings. The fourth-order valence-electron chi connectivity index (χ4n) is 2.92. The maximum Gasteiger partial charge on any atom is 0.405 e. The van der Waals surface area contributed by atoms with Crippen LogP contribution in [0, 0.1) is 0 Å². The SMILES string of the molecule is CN(CC(=O)c1ccc(/C=C/C(c2cc(Cl)c(Cl)c(Cl)c2)C(F)(F)F)cc1Br)C(=O)NCC(F)(F)F. The first-order valence-electron chi connectivity index (χ1n) is 9.77. The van der Waals surface area contributed by atoms with Gasteiger partial charge in [0.25, 0.3) is 0 Å². The van der Waals surface area contributed by atoms with Crippen molar-refractivity contribution in [2.24, 2.45) is 0 Å². The van der Waals surface area contributed by atoms with E-state index >= 15 is 0 Å². The van der Waals surface area contributed by atoms with Gasteiger partial charge in [-0.25, -0.2) is 4.79 Å². The quantitative estimate of drug-likeness (QED) is 0.189. The van der Waals surface area contributed by atoms with Crippen molar-refractivity contribution < 1.29 is 35.9 Å². The second kappa shape index (κ2) is 12.1. The van der Waals surface area contributed by atoms with Crippen LogP contribution in [0.3, 0.4) is 0 Å². The fourth-order valence-corrected chi connectivity index (χ4v) is 4.15. The van der Waals surface area contributed by atoms with E-state index in [9.17, 15) is 35.9 Å². The van der Waals surface area contributed by atoms with Crippen molar-refractivity contribution >= 4 is 68.6 Å². The fraction of sp³-hybridized carbons (Fsp3) is 0.273. The molecule has 2 aromatic rings. The maximum absolute atomic E-state index is 13.7. The van der Waals surface area contributed by atoms with Gasteiger partial charge in [-0.15, -0.1) is 0 Å². The van der Waals surface area contributed by atoms with Gasteiger partial charge in [0.05, 0.1) is 27.5 Å². The van der Waals surface area contributed by atoms with Crippen LogP contribution in [0.25, 0.3) is 6.08 Å². The number of hydrogen-bond donors (Lipinski definition) is 1. The van der Waals surface area contributed by atoms with Crippen molar-refractivity contribution in [1.29, 1.82) is 0 Å². The van der Waals surface area contributed by atoms with Gasteiger partial charge >= 0.3 is 18.4 Å². The minimum absolute atomic E-state index is 0.0698. The van der Waals surface area contributed by atoms with Crippen molar-refractivity contribution in [1.82, 2.24) is 10.2 Å². The Morgan fingerprint density at radius 3 is 2.14 bits per heavy atom. The van der Waals surface area contributed by atoms with Crippen molar-refractivity contribution in [3.63, 3.8) is 0 Å². The lowest BCUT2D eigenvalue weighted by Gasteiger charge is -2.19. The Labute approximate surface area is 225 Å². The average Bonchev–Trinajstić information content (AvgIpc) is 2.74. The number of nitrogens with one attached hydrogen (secondary N) is 1. The van der Waals surface area contributed by atoms with Gasteiger partial charge in [-0.2, -0.15) is 26.3 Å². The zero-order valence-electron chi connectivity index (χ0n) is 18.1. The Balaban J connectivity index is 2.19. The molecule has 0 aliphatic heterocycles. The van der Waals surface area contributed by atoms with Crippen LogP contribution in [0.2, 0.25) is 15.1 Å². The van der Waals surface area contributed by atoms with Gasteiger partial charge in [-0.3, -0.25) is 4.79 Å². The van der Waals surface area contributed by atoms with E-state index in [-0.39, 0.29) is 30.7 Å². The van der Waals surface area contributed by atoms with Gasteiger partial charge in [-0.05, 0) is 35.4 Å². The third-order valence-corrected chi connectivity index (χ3v) is 6.51. The summed E-state index contributed by atoms with van der Waals surface area (Å²) in [5, 5.41) is 1.30. The van der Waals surface area contributed by atoms with E-state index in [1.807, 2.05) is 0 Å². The number of urea groups is 1. The molecule has 0 spiro atoms. The highest BCUT2D eigenvalue weighted by atomic mass is 79.9. The maximum atomic E-state index is 13.7. The normalized spacial score (nSPS) is 13.1. The summed E-state index contributed by atoms with van der Waals surface area (Å²) in [5.74, 6) is -2.67. The number of allylic oxidation sites excluding steroid dienone is 1. The number of carbonyl (C=O) groups excluding carboxylic acids is 2. The van der Waals surface area contributed by atoms with Gasteiger partial charge in [0.1, 0.15) is 6.54 Å². The standard InChI is InChI=1S/C22H16BrCl3F6N2O2/c1-34(20(36)33-10-21(27,28)29)9-18(35)13-4-2-11(6-15(13)23)3-5-14(22(30,31)32)12-7-16(24)19(26)17(25)8-12/h2-8,14H,9-10H2,1H3,(H,33,36)/b5-3+. The molecule has 4 nitrogen and oxygen atoms in total. The molecule has 1 unspecified atom stereocenters. The predicted molar refractivity (Wildman–Crippen MR) is 130 cm³/mol. The Morgan fingerprint density at radius 2 is 1.64 bits per heavy atom. The number of benzene rings is 2. The van der Waals surface area contributed by atoms with Crippen molar-refractivity contribution in [2.75, 3.05) is 20.1 Å². The second-order valence-electron chi connectivity index (χ2n) is 7.47. The lowest BCUT2D eigenvalue weighted by atomic mass is 9.96. The Kier molecular flexibility index (Phi) is 10.1. The van der Waals surface area contributed by atoms with E-state index < -0.39 is 43.2 Å². The molecular formula is C22H16BrCl3F6N2O2. The smallest absolute Gasteiger partial charge is 0.329 e. The molecule has 14 heteroatoms. The molecule has 0 radical (unpaired) electrons. The number of nitrogens with zero attached hydrogens (tertiary/aromatic N) is 1. The van der Waals surface area contributed by atoms with Gasteiger partial charge in [0, 0.05) is 17.1 Å². The summed E-state index contributed by atoms with van der Waals surface area (Å²) in [4.78, 5) is 25.0. The number of hydrogen-bond acceptors (Lipinski definition) is 2. The summed E-state index contributed by atoms with van der Waals surface area (Å²) in [6, 6.07) is 5.09. The first-order valence-corrected chi connectivity index (χ1v) is 11.7. The average molecular weight is 641 g/mol. The minimum atomic E-state index is -4.68. The summed E-state index contributed by atoms with van der Waals surface area (Å²) in [6.07, 6.45) is -7.21. The number of halogens is 10. The van der Waals surface area contributed by atoms with Crippen LogP contribution >= 0.6 is 50.7 Å². The molecular weight excluding hydrogens is 625 g/mol. The van der Waals surface area contributed by atoms with Crippen LogP contribution in [0.15, 0.2) is 40.9 Å². The highest BCUT2D eigenvalue weighted by molar-refractivity contribution is 9.10. The molecule has 2 rings (SSSR count). The van der Waals surface area contributed by atoms with Gasteiger partial charge in [0.2, 0.25) is 0 Å². The number of amides is 2. The molecule has 0 heterocycles. The molecule has 2 amide bonds.